The lowest BCUT2D eigenvalue weighted by molar-refractivity contribution is 0.0374. The summed E-state index contributed by atoms with van der Waals surface area (Å²) in [6, 6.07) is 1.35. The van der Waals surface area contributed by atoms with Crippen LogP contribution in [0.5, 0.6) is 0 Å². The molecule has 1 aromatic rings. The number of aromatic amines is 1. The number of ether oxygens (including phenoxy) is 1. The van der Waals surface area contributed by atoms with Gasteiger partial charge in [-0.1, -0.05) is 0 Å². The zero-order valence-electron chi connectivity index (χ0n) is 10.9. The quantitative estimate of drug-likeness (QED) is 0.725. The third-order valence-electron chi connectivity index (χ3n) is 3.11. The van der Waals surface area contributed by atoms with Crippen LogP contribution in [-0.2, 0) is 4.74 Å². The number of hydrogen-bond donors (Lipinski definition) is 2. The largest absolute Gasteiger partial charge is 0.379 e. The first kappa shape index (κ1) is 13.8. The van der Waals surface area contributed by atoms with E-state index in [-0.39, 0.29) is 16.9 Å². The first-order chi connectivity index (χ1) is 9.27. The molecule has 0 atom stereocenters. The third kappa shape index (κ3) is 4.18. The summed E-state index contributed by atoms with van der Waals surface area (Å²) in [5, 5.41) is 2.76. The summed E-state index contributed by atoms with van der Waals surface area (Å²) in [5.74, 6) is -0.316. The SMILES string of the molecule is O=C(NCCCN1CCOCC1)c1c[nH]ccc1=O. The number of morpholine rings is 1. The Balaban J connectivity index is 1.69. The van der Waals surface area contributed by atoms with Crippen LogP contribution < -0.4 is 10.7 Å². The maximum absolute atomic E-state index is 11.8. The van der Waals surface area contributed by atoms with E-state index in [2.05, 4.69) is 15.2 Å². The molecule has 0 radical (unpaired) electrons. The predicted molar refractivity (Wildman–Crippen MR) is 71.3 cm³/mol. The Morgan fingerprint density at radius 2 is 2.21 bits per heavy atom. The van der Waals surface area contributed by atoms with Gasteiger partial charge in [0.1, 0.15) is 5.56 Å². The number of nitrogens with one attached hydrogen (secondary N) is 2. The van der Waals surface area contributed by atoms with Crippen LogP contribution in [0.15, 0.2) is 23.3 Å². The summed E-state index contributed by atoms with van der Waals surface area (Å²) < 4.78 is 5.27. The molecule has 2 N–H and O–H groups in total. The van der Waals surface area contributed by atoms with Gasteiger partial charge in [0.05, 0.1) is 13.2 Å². The Kier molecular flexibility index (Phi) is 5.11. The number of amides is 1. The fourth-order valence-corrected chi connectivity index (χ4v) is 2.02. The van der Waals surface area contributed by atoms with E-state index in [1.54, 1.807) is 0 Å². The van der Waals surface area contributed by atoms with Crippen LogP contribution in [0.25, 0.3) is 0 Å². The fourth-order valence-electron chi connectivity index (χ4n) is 2.02. The van der Waals surface area contributed by atoms with Crippen molar-refractivity contribution in [1.29, 1.82) is 0 Å². The van der Waals surface area contributed by atoms with Crippen molar-refractivity contribution in [2.24, 2.45) is 0 Å². The number of hydrogen-bond acceptors (Lipinski definition) is 4. The number of H-pyrrole nitrogens is 1. The zero-order valence-corrected chi connectivity index (χ0v) is 10.9. The molecule has 0 spiro atoms. The molecule has 0 aromatic carbocycles. The highest BCUT2D eigenvalue weighted by molar-refractivity contribution is 5.93. The van der Waals surface area contributed by atoms with E-state index in [0.717, 1.165) is 39.3 Å². The minimum Gasteiger partial charge on any atom is -0.379 e. The summed E-state index contributed by atoms with van der Waals surface area (Å²) in [7, 11) is 0. The van der Waals surface area contributed by atoms with Gasteiger partial charge in [-0.25, -0.2) is 0 Å². The Morgan fingerprint density at radius 3 is 2.95 bits per heavy atom. The maximum Gasteiger partial charge on any atom is 0.256 e. The van der Waals surface area contributed by atoms with Gasteiger partial charge < -0.3 is 15.0 Å². The van der Waals surface area contributed by atoms with Crippen LogP contribution in [0, 0.1) is 0 Å². The topological polar surface area (TPSA) is 74.4 Å². The molecule has 1 aromatic heterocycles. The van der Waals surface area contributed by atoms with Crippen LogP contribution >= 0.6 is 0 Å². The van der Waals surface area contributed by atoms with Gasteiger partial charge in [0.25, 0.3) is 5.91 Å². The smallest absolute Gasteiger partial charge is 0.256 e. The van der Waals surface area contributed by atoms with Gasteiger partial charge in [0.15, 0.2) is 5.43 Å². The molecular weight excluding hydrogens is 246 g/mol. The minimum absolute atomic E-state index is 0.161. The molecule has 6 heteroatoms. The molecule has 6 nitrogen and oxygen atoms in total. The molecule has 0 unspecified atom stereocenters. The lowest BCUT2D eigenvalue weighted by atomic mass is 10.2. The highest BCUT2D eigenvalue weighted by Gasteiger charge is 2.11. The average Bonchev–Trinajstić information content (AvgIpc) is 2.45. The molecule has 0 saturated carbocycles. The van der Waals surface area contributed by atoms with Gasteiger partial charge in [-0.3, -0.25) is 14.5 Å². The van der Waals surface area contributed by atoms with Crippen molar-refractivity contribution in [2.45, 2.75) is 6.42 Å². The molecular formula is C13H19N3O3. The van der Waals surface area contributed by atoms with Crippen molar-refractivity contribution in [3.63, 3.8) is 0 Å². The summed E-state index contributed by atoms with van der Waals surface area (Å²) in [5.41, 5.74) is -0.0988. The zero-order chi connectivity index (χ0) is 13.5. The lowest BCUT2D eigenvalue weighted by Crippen LogP contribution is -2.38. The van der Waals surface area contributed by atoms with E-state index in [1.807, 2.05) is 0 Å². The van der Waals surface area contributed by atoms with Crippen LogP contribution in [0.3, 0.4) is 0 Å². The van der Waals surface area contributed by atoms with Crippen molar-refractivity contribution in [3.05, 3.63) is 34.2 Å². The van der Waals surface area contributed by atoms with Gasteiger partial charge in [0, 0.05) is 38.1 Å². The van der Waals surface area contributed by atoms with E-state index in [0.29, 0.717) is 6.54 Å². The van der Waals surface area contributed by atoms with Crippen LogP contribution in [0.1, 0.15) is 16.8 Å². The van der Waals surface area contributed by atoms with Gasteiger partial charge in [-0.05, 0) is 13.0 Å². The predicted octanol–water partition coefficient (Wildman–Crippen LogP) is -0.173. The van der Waals surface area contributed by atoms with Crippen LogP contribution in [0.2, 0.25) is 0 Å². The van der Waals surface area contributed by atoms with Crippen molar-refractivity contribution in [2.75, 3.05) is 39.4 Å². The van der Waals surface area contributed by atoms with Crippen molar-refractivity contribution in [1.82, 2.24) is 15.2 Å². The first-order valence-electron chi connectivity index (χ1n) is 6.53. The molecule has 1 saturated heterocycles. The lowest BCUT2D eigenvalue weighted by Gasteiger charge is -2.26. The van der Waals surface area contributed by atoms with Gasteiger partial charge in [-0.2, -0.15) is 0 Å². The molecule has 1 aliphatic rings. The number of carbonyl (C=O) groups is 1. The van der Waals surface area contributed by atoms with E-state index in [1.165, 1.54) is 18.5 Å². The summed E-state index contributed by atoms with van der Waals surface area (Å²) in [4.78, 5) is 28.2. The Morgan fingerprint density at radius 1 is 1.42 bits per heavy atom. The van der Waals surface area contributed by atoms with E-state index >= 15 is 0 Å². The molecule has 0 bridgehead atoms. The second-order valence-electron chi connectivity index (χ2n) is 4.49. The third-order valence-corrected chi connectivity index (χ3v) is 3.11. The van der Waals surface area contributed by atoms with E-state index in [4.69, 9.17) is 4.74 Å². The molecule has 2 rings (SSSR count). The fraction of sp³-hybridized carbons (Fsp3) is 0.538. The first-order valence-corrected chi connectivity index (χ1v) is 6.53. The second-order valence-corrected chi connectivity index (χ2v) is 4.49. The highest BCUT2D eigenvalue weighted by atomic mass is 16.5. The Bertz CT molecular complexity index is 466. The van der Waals surface area contributed by atoms with Crippen molar-refractivity contribution < 1.29 is 9.53 Å². The van der Waals surface area contributed by atoms with E-state index in [9.17, 15) is 9.59 Å². The van der Waals surface area contributed by atoms with Crippen molar-refractivity contribution in [3.8, 4) is 0 Å². The Hall–Kier alpha value is -1.66. The second kappa shape index (κ2) is 7.06. The van der Waals surface area contributed by atoms with Crippen LogP contribution in [-0.4, -0.2) is 55.2 Å². The van der Waals surface area contributed by atoms with Gasteiger partial charge in [0.2, 0.25) is 0 Å². The molecule has 1 aliphatic heterocycles. The highest BCUT2D eigenvalue weighted by Crippen LogP contribution is 1.97. The monoisotopic (exact) mass is 265 g/mol. The Labute approximate surface area is 111 Å². The standard InChI is InChI=1S/C13H19N3O3/c17-12-2-4-14-10-11(12)13(18)15-3-1-5-16-6-8-19-9-7-16/h2,4,10H,1,3,5-9H2,(H,14,17)(H,15,18). The number of aromatic nitrogens is 1. The summed E-state index contributed by atoms with van der Waals surface area (Å²) in [6.07, 6.45) is 3.81. The molecule has 1 amide bonds. The van der Waals surface area contributed by atoms with Crippen molar-refractivity contribution >= 4 is 5.91 Å². The van der Waals surface area contributed by atoms with Gasteiger partial charge in [-0.15, -0.1) is 0 Å². The molecule has 104 valence electrons. The normalized spacial score (nSPS) is 16.2. The number of carbonyl (C=O) groups excluding carboxylic acids is 1. The van der Waals surface area contributed by atoms with Gasteiger partial charge >= 0.3 is 0 Å². The molecule has 2 heterocycles. The maximum atomic E-state index is 11.8. The molecule has 19 heavy (non-hydrogen) atoms. The summed E-state index contributed by atoms with van der Waals surface area (Å²) in [6.45, 7) is 4.98. The average molecular weight is 265 g/mol. The molecule has 1 fully saturated rings. The number of rotatable bonds is 5. The number of pyridine rings is 1. The van der Waals surface area contributed by atoms with E-state index < -0.39 is 0 Å². The molecule has 0 aliphatic carbocycles. The number of nitrogens with zero attached hydrogens (tertiary/aromatic N) is 1. The van der Waals surface area contributed by atoms with Crippen LogP contribution in [0.4, 0.5) is 0 Å². The minimum atomic E-state index is -0.316. The summed E-state index contributed by atoms with van der Waals surface area (Å²) >= 11 is 0.